The first-order valence-corrected chi connectivity index (χ1v) is 8.47. The summed E-state index contributed by atoms with van der Waals surface area (Å²) in [5, 5.41) is 10.5. The van der Waals surface area contributed by atoms with Gasteiger partial charge in [-0.3, -0.25) is 4.79 Å². The molecule has 1 aromatic heterocycles. The van der Waals surface area contributed by atoms with Crippen LogP contribution in [0.4, 0.5) is 0 Å². The highest BCUT2D eigenvalue weighted by molar-refractivity contribution is 6.13. The molecule has 0 aliphatic heterocycles. The van der Waals surface area contributed by atoms with Crippen LogP contribution in [0.1, 0.15) is 26.4 Å². The quantitative estimate of drug-likeness (QED) is 0.534. The molecule has 0 aliphatic rings. The van der Waals surface area contributed by atoms with Crippen molar-refractivity contribution in [2.75, 3.05) is 0 Å². The number of carboxylic acid groups (broad SMARTS) is 1. The van der Waals surface area contributed by atoms with E-state index in [0.717, 1.165) is 10.9 Å². The molecular weight excluding hydrogens is 338 g/mol. The zero-order chi connectivity index (χ0) is 18.8. The van der Waals surface area contributed by atoms with Crippen LogP contribution in [0.25, 0.3) is 22.0 Å². The number of carboxylic acids is 1. The van der Waals surface area contributed by atoms with E-state index < -0.39 is 5.97 Å². The molecule has 0 unspecified atom stereocenters. The summed E-state index contributed by atoms with van der Waals surface area (Å²) in [5.74, 6) is -1.27. The van der Waals surface area contributed by atoms with Crippen LogP contribution in [-0.2, 0) is 0 Å². The molecule has 4 nitrogen and oxygen atoms in total. The first-order valence-electron chi connectivity index (χ1n) is 8.47. The van der Waals surface area contributed by atoms with Gasteiger partial charge in [-0.25, -0.2) is 9.78 Å². The molecule has 0 spiro atoms. The van der Waals surface area contributed by atoms with Gasteiger partial charge in [0.15, 0.2) is 0 Å². The van der Waals surface area contributed by atoms with Crippen LogP contribution in [0.5, 0.6) is 0 Å². The largest absolute Gasteiger partial charge is 0.478 e. The third kappa shape index (κ3) is 3.09. The number of fused-ring (bicyclic) bond motifs is 1. The van der Waals surface area contributed by atoms with E-state index in [1.54, 1.807) is 48.5 Å². The second-order valence-corrected chi connectivity index (χ2v) is 6.11. The molecule has 0 radical (unpaired) electrons. The number of benzene rings is 3. The van der Waals surface area contributed by atoms with Gasteiger partial charge in [0.05, 0.1) is 11.1 Å². The molecule has 0 bridgehead atoms. The van der Waals surface area contributed by atoms with Crippen molar-refractivity contribution >= 4 is 22.7 Å². The lowest BCUT2D eigenvalue weighted by molar-refractivity contribution is 0.0697. The Morgan fingerprint density at radius 1 is 0.667 bits per heavy atom. The summed E-state index contributed by atoms with van der Waals surface area (Å²) in [6, 6.07) is 24.8. The van der Waals surface area contributed by atoms with E-state index in [2.05, 4.69) is 4.98 Å². The second-order valence-electron chi connectivity index (χ2n) is 6.11. The lowest BCUT2D eigenvalue weighted by Gasteiger charge is -2.11. The van der Waals surface area contributed by atoms with Crippen molar-refractivity contribution in [2.45, 2.75) is 0 Å². The van der Waals surface area contributed by atoms with E-state index in [-0.39, 0.29) is 11.3 Å². The summed E-state index contributed by atoms with van der Waals surface area (Å²) in [5.41, 5.74) is 2.74. The minimum Gasteiger partial charge on any atom is -0.478 e. The van der Waals surface area contributed by atoms with Gasteiger partial charge in [0.2, 0.25) is 5.78 Å². The Morgan fingerprint density at radius 2 is 1.26 bits per heavy atom. The molecule has 0 atom stereocenters. The van der Waals surface area contributed by atoms with Crippen LogP contribution in [0.15, 0.2) is 84.9 Å². The van der Waals surface area contributed by atoms with Crippen molar-refractivity contribution in [1.82, 2.24) is 4.98 Å². The van der Waals surface area contributed by atoms with E-state index in [1.807, 2.05) is 30.3 Å². The number of rotatable bonds is 4. The highest BCUT2D eigenvalue weighted by Crippen LogP contribution is 2.29. The van der Waals surface area contributed by atoms with Crippen LogP contribution in [-0.4, -0.2) is 21.8 Å². The topological polar surface area (TPSA) is 67.3 Å². The van der Waals surface area contributed by atoms with Crippen molar-refractivity contribution < 1.29 is 14.7 Å². The molecule has 0 fully saturated rings. The third-order valence-electron chi connectivity index (χ3n) is 4.45. The zero-order valence-electron chi connectivity index (χ0n) is 14.3. The van der Waals surface area contributed by atoms with Gasteiger partial charge in [0.1, 0.15) is 5.69 Å². The molecule has 4 aromatic rings. The molecule has 4 heteroatoms. The van der Waals surface area contributed by atoms with Gasteiger partial charge < -0.3 is 5.11 Å². The number of hydrogen-bond donors (Lipinski definition) is 1. The Kier molecular flexibility index (Phi) is 4.22. The number of aromatic nitrogens is 1. The van der Waals surface area contributed by atoms with Gasteiger partial charge >= 0.3 is 5.97 Å². The summed E-state index contributed by atoms with van der Waals surface area (Å²) in [7, 11) is 0. The van der Waals surface area contributed by atoms with Crippen molar-refractivity contribution in [3.05, 3.63) is 102 Å². The summed E-state index contributed by atoms with van der Waals surface area (Å²) < 4.78 is 0. The smallest absolute Gasteiger partial charge is 0.336 e. The Bertz CT molecular complexity index is 1180. The van der Waals surface area contributed by atoms with E-state index in [1.165, 1.54) is 6.07 Å². The van der Waals surface area contributed by atoms with Crippen LogP contribution < -0.4 is 0 Å². The summed E-state index contributed by atoms with van der Waals surface area (Å²) in [4.78, 5) is 29.2. The SMILES string of the molecule is O=C(O)c1ccccc1-c1ccccc1C(=O)c1ccc2ccccc2n1. The number of ketones is 1. The standard InChI is InChI=1S/C23H15NO3/c25-22(21-14-13-15-7-1-6-12-20(15)24-21)18-10-4-2-8-16(18)17-9-3-5-11-19(17)23(26)27/h1-14H,(H,26,27). The molecule has 0 aliphatic carbocycles. The third-order valence-corrected chi connectivity index (χ3v) is 4.45. The maximum atomic E-state index is 13.2. The van der Waals surface area contributed by atoms with Crippen molar-refractivity contribution in [2.24, 2.45) is 0 Å². The molecule has 3 aromatic carbocycles. The lowest BCUT2D eigenvalue weighted by atomic mass is 9.92. The van der Waals surface area contributed by atoms with Gasteiger partial charge in [-0.05, 0) is 29.3 Å². The minimum atomic E-state index is -1.03. The maximum absolute atomic E-state index is 13.2. The van der Waals surface area contributed by atoms with Gasteiger partial charge in [0.25, 0.3) is 0 Å². The predicted octanol–water partition coefficient (Wildman–Crippen LogP) is 4.83. The maximum Gasteiger partial charge on any atom is 0.336 e. The van der Waals surface area contributed by atoms with Crippen LogP contribution in [0, 0.1) is 0 Å². The predicted molar refractivity (Wildman–Crippen MR) is 104 cm³/mol. The molecule has 0 saturated carbocycles. The first-order chi connectivity index (χ1) is 13.1. The monoisotopic (exact) mass is 353 g/mol. The summed E-state index contributed by atoms with van der Waals surface area (Å²) in [6.07, 6.45) is 0. The Balaban J connectivity index is 1.85. The molecular formula is C23H15NO3. The summed E-state index contributed by atoms with van der Waals surface area (Å²) >= 11 is 0. The molecule has 1 N–H and O–H groups in total. The Morgan fingerprint density at radius 3 is 2.00 bits per heavy atom. The first kappa shape index (κ1) is 16.7. The van der Waals surface area contributed by atoms with E-state index >= 15 is 0 Å². The van der Waals surface area contributed by atoms with Gasteiger partial charge in [-0.15, -0.1) is 0 Å². The lowest BCUT2D eigenvalue weighted by Crippen LogP contribution is -2.07. The molecule has 130 valence electrons. The van der Waals surface area contributed by atoms with Crippen molar-refractivity contribution in [1.29, 1.82) is 0 Å². The fraction of sp³-hybridized carbons (Fsp3) is 0. The number of hydrogen-bond acceptors (Lipinski definition) is 3. The van der Waals surface area contributed by atoms with Gasteiger partial charge in [0, 0.05) is 10.9 Å². The van der Waals surface area contributed by atoms with Gasteiger partial charge in [-0.2, -0.15) is 0 Å². The van der Waals surface area contributed by atoms with E-state index in [4.69, 9.17) is 0 Å². The summed E-state index contributed by atoms with van der Waals surface area (Å²) in [6.45, 7) is 0. The van der Waals surface area contributed by atoms with Crippen LogP contribution >= 0.6 is 0 Å². The average molecular weight is 353 g/mol. The van der Waals surface area contributed by atoms with E-state index in [0.29, 0.717) is 22.4 Å². The number of carbonyl (C=O) groups is 2. The highest BCUT2D eigenvalue weighted by Gasteiger charge is 2.19. The molecule has 0 saturated heterocycles. The Hall–Kier alpha value is -3.79. The van der Waals surface area contributed by atoms with Crippen molar-refractivity contribution in [3.8, 4) is 11.1 Å². The molecule has 0 amide bonds. The second kappa shape index (κ2) is 6.84. The number of nitrogens with zero attached hydrogens (tertiary/aromatic N) is 1. The number of pyridine rings is 1. The fourth-order valence-corrected chi connectivity index (χ4v) is 3.15. The number of carbonyl (C=O) groups excluding carboxylic acids is 1. The zero-order valence-corrected chi connectivity index (χ0v) is 14.3. The Labute approximate surface area is 155 Å². The number of para-hydroxylation sites is 1. The number of aromatic carboxylic acids is 1. The van der Waals surface area contributed by atoms with Crippen molar-refractivity contribution in [3.63, 3.8) is 0 Å². The fourth-order valence-electron chi connectivity index (χ4n) is 3.15. The molecule has 27 heavy (non-hydrogen) atoms. The van der Waals surface area contributed by atoms with Crippen LogP contribution in [0.2, 0.25) is 0 Å². The van der Waals surface area contributed by atoms with Crippen LogP contribution in [0.3, 0.4) is 0 Å². The molecule has 4 rings (SSSR count). The van der Waals surface area contributed by atoms with Gasteiger partial charge in [-0.1, -0.05) is 66.7 Å². The normalized spacial score (nSPS) is 10.7. The highest BCUT2D eigenvalue weighted by atomic mass is 16.4. The van der Waals surface area contributed by atoms with E-state index in [9.17, 15) is 14.7 Å². The molecule has 1 heterocycles. The average Bonchev–Trinajstić information content (AvgIpc) is 2.73. The minimum absolute atomic E-state index is 0.157.